The van der Waals surface area contributed by atoms with Crippen LogP contribution in [0.5, 0.6) is 0 Å². The Morgan fingerprint density at radius 1 is 0.964 bits per heavy atom. The molecule has 2 heterocycles. The van der Waals surface area contributed by atoms with Gasteiger partial charge in [-0.25, -0.2) is 4.68 Å². The fourth-order valence-electron chi connectivity index (χ4n) is 3.40. The van der Waals surface area contributed by atoms with Gasteiger partial charge in [-0.15, -0.1) is 0 Å². The van der Waals surface area contributed by atoms with E-state index in [1.165, 1.54) is 16.7 Å². The molecule has 0 saturated heterocycles. The first kappa shape index (κ1) is 18.2. The van der Waals surface area contributed by atoms with Crippen LogP contribution in [-0.2, 0) is 13.1 Å². The third kappa shape index (κ3) is 4.05. The quantitative estimate of drug-likeness (QED) is 0.542. The van der Waals surface area contributed by atoms with Crippen molar-refractivity contribution in [2.24, 2.45) is 0 Å². The first-order valence-electron chi connectivity index (χ1n) is 9.48. The van der Waals surface area contributed by atoms with E-state index >= 15 is 0 Å². The van der Waals surface area contributed by atoms with E-state index in [0.717, 1.165) is 35.7 Å². The van der Waals surface area contributed by atoms with Crippen LogP contribution in [-0.4, -0.2) is 31.9 Å². The van der Waals surface area contributed by atoms with E-state index in [0.29, 0.717) is 0 Å². The molecule has 5 heteroatoms. The molecule has 1 N–H and O–H groups in total. The van der Waals surface area contributed by atoms with Crippen molar-refractivity contribution in [2.75, 3.05) is 7.05 Å². The summed E-state index contributed by atoms with van der Waals surface area (Å²) in [5.74, 6) is 0. The highest BCUT2D eigenvalue weighted by atomic mass is 15.3. The van der Waals surface area contributed by atoms with E-state index in [1.807, 2.05) is 10.7 Å². The summed E-state index contributed by atoms with van der Waals surface area (Å²) in [6, 6.07) is 19.0. The van der Waals surface area contributed by atoms with Crippen molar-refractivity contribution in [1.82, 2.24) is 24.9 Å². The first-order chi connectivity index (χ1) is 13.6. The summed E-state index contributed by atoms with van der Waals surface area (Å²) in [6.45, 7) is 5.82. The molecule has 0 aliphatic heterocycles. The standard InChI is InChI=1S/C23H25N5/c1-17-7-9-22(10-8-17)28-15-20(14-27(3)16-21-11-12-24-25-21)23(26-28)19-6-4-5-18(2)13-19/h4-13,15H,14,16H2,1-3H3,(H,24,25). The number of benzene rings is 2. The average molecular weight is 371 g/mol. The van der Waals surface area contributed by atoms with E-state index in [-0.39, 0.29) is 0 Å². The fourth-order valence-corrected chi connectivity index (χ4v) is 3.40. The molecular formula is C23H25N5. The smallest absolute Gasteiger partial charge is 0.0972 e. The summed E-state index contributed by atoms with van der Waals surface area (Å²) in [5, 5.41) is 12.0. The largest absolute Gasteiger partial charge is 0.296 e. The molecule has 4 rings (SSSR count). The number of aromatic amines is 1. The minimum absolute atomic E-state index is 0.800. The Labute approximate surface area is 165 Å². The van der Waals surface area contributed by atoms with Gasteiger partial charge in [-0.05, 0) is 45.2 Å². The lowest BCUT2D eigenvalue weighted by atomic mass is 10.1. The Morgan fingerprint density at radius 3 is 2.50 bits per heavy atom. The molecule has 4 aromatic rings. The molecule has 0 aliphatic rings. The van der Waals surface area contributed by atoms with Crippen molar-refractivity contribution in [1.29, 1.82) is 0 Å². The predicted octanol–water partition coefficient (Wildman–Crippen LogP) is 4.51. The molecule has 0 spiro atoms. The molecule has 5 nitrogen and oxygen atoms in total. The number of hydrogen-bond donors (Lipinski definition) is 1. The highest BCUT2D eigenvalue weighted by molar-refractivity contribution is 5.64. The number of nitrogens with zero attached hydrogens (tertiary/aromatic N) is 4. The maximum Gasteiger partial charge on any atom is 0.0972 e. The summed E-state index contributed by atoms with van der Waals surface area (Å²) in [6.07, 6.45) is 3.93. The zero-order valence-corrected chi connectivity index (χ0v) is 16.6. The van der Waals surface area contributed by atoms with Gasteiger partial charge < -0.3 is 0 Å². The van der Waals surface area contributed by atoms with Crippen molar-refractivity contribution in [3.05, 3.63) is 89.4 Å². The third-order valence-electron chi connectivity index (χ3n) is 4.82. The van der Waals surface area contributed by atoms with Crippen LogP contribution in [0.25, 0.3) is 16.9 Å². The average Bonchev–Trinajstić information content (AvgIpc) is 3.32. The van der Waals surface area contributed by atoms with Crippen LogP contribution in [0.1, 0.15) is 22.4 Å². The molecule has 0 unspecified atom stereocenters. The van der Waals surface area contributed by atoms with Crippen molar-refractivity contribution >= 4 is 0 Å². The maximum absolute atomic E-state index is 4.94. The van der Waals surface area contributed by atoms with Crippen molar-refractivity contribution in [2.45, 2.75) is 26.9 Å². The SMILES string of the molecule is Cc1ccc(-n2cc(CN(C)Cc3ccn[nH]3)c(-c3cccc(C)c3)n2)cc1. The Kier molecular flexibility index (Phi) is 5.08. The van der Waals surface area contributed by atoms with Gasteiger partial charge in [0.25, 0.3) is 0 Å². The maximum atomic E-state index is 4.94. The monoisotopic (exact) mass is 371 g/mol. The number of nitrogens with one attached hydrogen (secondary N) is 1. The molecule has 2 aromatic heterocycles. The van der Waals surface area contributed by atoms with Crippen LogP contribution in [0.4, 0.5) is 0 Å². The summed E-state index contributed by atoms with van der Waals surface area (Å²) in [4.78, 5) is 2.27. The van der Waals surface area contributed by atoms with Crippen molar-refractivity contribution < 1.29 is 0 Å². The van der Waals surface area contributed by atoms with Crippen LogP contribution in [0.2, 0.25) is 0 Å². The topological polar surface area (TPSA) is 49.7 Å². The lowest BCUT2D eigenvalue weighted by molar-refractivity contribution is 0.315. The zero-order valence-electron chi connectivity index (χ0n) is 16.6. The fraction of sp³-hybridized carbons (Fsp3) is 0.217. The van der Waals surface area contributed by atoms with Crippen LogP contribution in [0.15, 0.2) is 67.0 Å². The highest BCUT2D eigenvalue weighted by Crippen LogP contribution is 2.26. The number of aryl methyl sites for hydroxylation is 2. The van der Waals surface area contributed by atoms with Gasteiger partial charge >= 0.3 is 0 Å². The summed E-state index contributed by atoms with van der Waals surface area (Å²) < 4.78 is 1.98. The molecule has 28 heavy (non-hydrogen) atoms. The number of hydrogen-bond acceptors (Lipinski definition) is 3. The molecule has 0 atom stereocenters. The second-order valence-electron chi connectivity index (χ2n) is 7.41. The molecule has 142 valence electrons. The Hall–Kier alpha value is -3.18. The van der Waals surface area contributed by atoms with Gasteiger partial charge in [-0.3, -0.25) is 10.00 Å². The highest BCUT2D eigenvalue weighted by Gasteiger charge is 2.15. The van der Waals surface area contributed by atoms with Crippen molar-refractivity contribution in [3.8, 4) is 16.9 Å². The molecule has 2 aromatic carbocycles. The lowest BCUT2D eigenvalue weighted by Gasteiger charge is -2.15. The van der Waals surface area contributed by atoms with E-state index in [9.17, 15) is 0 Å². The van der Waals surface area contributed by atoms with Gasteiger partial charge in [0.2, 0.25) is 0 Å². The van der Waals surface area contributed by atoms with Gasteiger partial charge in [-0.2, -0.15) is 10.2 Å². The van der Waals surface area contributed by atoms with E-state index in [4.69, 9.17) is 5.10 Å². The van der Waals surface area contributed by atoms with E-state index in [1.54, 1.807) is 6.20 Å². The second-order valence-corrected chi connectivity index (χ2v) is 7.41. The summed E-state index contributed by atoms with van der Waals surface area (Å²) in [5.41, 5.74) is 8.03. The Balaban J connectivity index is 1.69. The molecule has 0 fully saturated rings. The number of rotatable bonds is 6. The number of H-pyrrole nitrogens is 1. The molecule has 0 bridgehead atoms. The van der Waals surface area contributed by atoms with Gasteiger partial charge in [0.1, 0.15) is 0 Å². The van der Waals surface area contributed by atoms with E-state index in [2.05, 4.69) is 90.7 Å². The molecule has 0 aliphatic carbocycles. The zero-order chi connectivity index (χ0) is 19.5. The first-order valence-corrected chi connectivity index (χ1v) is 9.48. The second kappa shape index (κ2) is 7.82. The van der Waals surface area contributed by atoms with Crippen LogP contribution in [0.3, 0.4) is 0 Å². The Morgan fingerprint density at radius 2 is 1.79 bits per heavy atom. The molecule has 0 radical (unpaired) electrons. The number of aromatic nitrogens is 4. The third-order valence-corrected chi connectivity index (χ3v) is 4.82. The van der Waals surface area contributed by atoms with E-state index < -0.39 is 0 Å². The van der Waals surface area contributed by atoms with Gasteiger partial charge in [0, 0.05) is 42.3 Å². The predicted molar refractivity (Wildman–Crippen MR) is 112 cm³/mol. The molecular weight excluding hydrogens is 346 g/mol. The molecule has 0 saturated carbocycles. The normalized spacial score (nSPS) is 11.3. The van der Waals surface area contributed by atoms with Crippen LogP contribution < -0.4 is 0 Å². The lowest BCUT2D eigenvalue weighted by Crippen LogP contribution is -2.17. The minimum atomic E-state index is 0.800. The van der Waals surface area contributed by atoms with Gasteiger partial charge in [0.05, 0.1) is 11.4 Å². The van der Waals surface area contributed by atoms with Crippen LogP contribution >= 0.6 is 0 Å². The minimum Gasteiger partial charge on any atom is -0.296 e. The summed E-state index contributed by atoms with van der Waals surface area (Å²) >= 11 is 0. The molecule has 0 amide bonds. The summed E-state index contributed by atoms with van der Waals surface area (Å²) in [7, 11) is 2.12. The Bertz CT molecular complexity index is 1050. The van der Waals surface area contributed by atoms with Crippen LogP contribution in [0, 0.1) is 13.8 Å². The van der Waals surface area contributed by atoms with Crippen molar-refractivity contribution in [3.63, 3.8) is 0 Å². The van der Waals surface area contributed by atoms with Gasteiger partial charge in [0.15, 0.2) is 0 Å². The van der Waals surface area contributed by atoms with Gasteiger partial charge in [-0.1, -0.05) is 41.5 Å².